The van der Waals surface area contributed by atoms with Crippen molar-refractivity contribution in [3.8, 4) is 0 Å². The molecule has 0 bridgehead atoms. The van der Waals surface area contributed by atoms with Gasteiger partial charge in [-0.3, -0.25) is 19.1 Å². The van der Waals surface area contributed by atoms with Crippen LogP contribution in [0.4, 0.5) is 11.5 Å². The molecule has 1 amide bonds. The van der Waals surface area contributed by atoms with Gasteiger partial charge in [-0.2, -0.15) is 0 Å². The number of nitrogens with zero attached hydrogens (tertiary/aromatic N) is 3. The van der Waals surface area contributed by atoms with Crippen LogP contribution in [0, 0.1) is 0 Å². The van der Waals surface area contributed by atoms with Crippen LogP contribution >= 0.6 is 0 Å². The molecule has 9 heteroatoms. The van der Waals surface area contributed by atoms with Crippen LogP contribution in [0.25, 0.3) is 0 Å². The van der Waals surface area contributed by atoms with E-state index in [2.05, 4.69) is 4.98 Å². The highest BCUT2D eigenvalue weighted by Gasteiger charge is 2.26. The van der Waals surface area contributed by atoms with Gasteiger partial charge in [-0.15, -0.1) is 0 Å². The van der Waals surface area contributed by atoms with Crippen molar-refractivity contribution in [2.24, 2.45) is 0 Å². The summed E-state index contributed by atoms with van der Waals surface area (Å²) in [6, 6.07) is 9.37. The molecule has 0 saturated carbocycles. The van der Waals surface area contributed by atoms with Crippen molar-refractivity contribution in [2.45, 2.75) is 52.7 Å². The van der Waals surface area contributed by atoms with Crippen LogP contribution in [0.5, 0.6) is 0 Å². The maximum absolute atomic E-state index is 13.1. The minimum atomic E-state index is -0.609. The summed E-state index contributed by atoms with van der Waals surface area (Å²) in [5.41, 5.74) is 6.15. The van der Waals surface area contributed by atoms with Crippen LogP contribution < -0.4 is 21.9 Å². The number of anilines is 2. The Balaban J connectivity index is 2.48. The summed E-state index contributed by atoms with van der Waals surface area (Å²) in [5.74, 6) is -0.0829. The molecule has 1 aromatic carbocycles. The van der Waals surface area contributed by atoms with E-state index in [9.17, 15) is 14.4 Å². The van der Waals surface area contributed by atoms with Crippen molar-refractivity contribution in [2.75, 3.05) is 37.4 Å². The highest BCUT2D eigenvalue weighted by Crippen LogP contribution is 2.19. The summed E-state index contributed by atoms with van der Waals surface area (Å²) >= 11 is 0. The molecule has 0 aliphatic rings. The molecule has 1 aromatic heterocycles. The number of ether oxygens (including phenoxy) is 1. The average molecular weight is 446 g/mol. The zero-order valence-corrected chi connectivity index (χ0v) is 19.6. The molecule has 2 rings (SSSR count). The Hall–Kier alpha value is -3.07. The van der Waals surface area contributed by atoms with Gasteiger partial charge in [-0.1, -0.05) is 30.3 Å². The van der Waals surface area contributed by atoms with Crippen LogP contribution in [0.3, 0.4) is 0 Å². The number of carbonyl (C=O) groups is 1. The molecule has 0 unspecified atom stereocenters. The molecule has 0 atom stereocenters. The number of amides is 1. The number of carbonyl (C=O) groups excluding carboxylic acids is 1. The molecule has 9 nitrogen and oxygen atoms in total. The van der Waals surface area contributed by atoms with Crippen molar-refractivity contribution in [3.63, 3.8) is 0 Å². The summed E-state index contributed by atoms with van der Waals surface area (Å²) in [5, 5.41) is 0. The molecule has 0 saturated heterocycles. The fraction of sp³-hybridized carbons (Fsp3) is 0.522. The van der Waals surface area contributed by atoms with Gasteiger partial charge in [0.05, 0.1) is 13.1 Å². The third-order valence-corrected chi connectivity index (χ3v) is 5.22. The maximum atomic E-state index is 13.1. The predicted octanol–water partition coefficient (Wildman–Crippen LogP) is 1.66. The smallest absolute Gasteiger partial charge is 0.330 e. The third-order valence-electron chi connectivity index (χ3n) is 5.22. The standard InChI is InChI=1S/C23H35N5O4/c1-16(2)28(17(3)4)19(29)15-26(12-9-13-32-5)20-21(24)27(23(31)25-22(20)30)14-18-10-7-6-8-11-18/h6-8,10-11,16-17H,9,12-15,24H2,1-5H3,(H,25,30,31). The molecule has 176 valence electrons. The molecule has 3 N–H and O–H groups in total. The molecule has 32 heavy (non-hydrogen) atoms. The topological polar surface area (TPSA) is 114 Å². The Morgan fingerprint density at radius 2 is 1.75 bits per heavy atom. The van der Waals surface area contributed by atoms with Gasteiger partial charge in [0.15, 0.2) is 0 Å². The van der Waals surface area contributed by atoms with Gasteiger partial charge in [-0.05, 0) is 39.7 Å². The Morgan fingerprint density at radius 1 is 1.12 bits per heavy atom. The van der Waals surface area contributed by atoms with Crippen molar-refractivity contribution < 1.29 is 9.53 Å². The number of hydrogen-bond donors (Lipinski definition) is 2. The van der Waals surface area contributed by atoms with Gasteiger partial charge in [-0.25, -0.2) is 4.79 Å². The highest BCUT2D eigenvalue weighted by molar-refractivity contribution is 5.83. The van der Waals surface area contributed by atoms with E-state index < -0.39 is 11.2 Å². The van der Waals surface area contributed by atoms with Crippen LogP contribution in [-0.2, 0) is 16.1 Å². The molecule has 0 spiro atoms. The maximum Gasteiger partial charge on any atom is 0.330 e. The molecular formula is C23H35N5O4. The van der Waals surface area contributed by atoms with E-state index in [1.807, 2.05) is 58.0 Å². The first-order valence-electron chi connectivity index (χ1n) is 10.9. The van der Waals surface area contributed by atoms with Gasteiger partial charge < -0.3 is 20.3 Å². The highest BCUT2D eigenvalue weighted by atomic mass is 16.5. The molecule has 0 aliphatic heterocycles. The molecule has 2 aromatic rings. The lowest BCUT2D eigenvalue weighted by atomic mass is 10.2. The van der Waals surface area contributed by atoms with Crippen LogP contribution in [0.15, 0.2) is 39.9 Å². The van der Waals surface area contributed by atoms with Crippen molar-refractivity contribution in [1.29, 1.82) is 0 Å². The average Bonchev–Trinajstić information content (AvgIpc) is 2.71. The Morgan fingerprint density at radius 3 is 2.31 bits per heavy atom. The molecular weight excluding hydrogens is 410 g/mol. The lowest BCUT2D eigenvalue weighted by molar-refractivity contribution is -0.133. The van der Waals surface area contributed by atoms with E-state index in [-0.39, 0.29) is 42.6 Å². The second kappa shape index (κ2) is 11.5. The molecule has 0 fully saturated rings. The molecule has 1 heterocycles. The van der Waals surface area contributed by atoms with Gasteiger partial charge in [0, 0.05) is 32.3 Å². The van der Waals surface area contributed by atoms with Gasteiger partial charge >= 0.3 is 5.69 Å². The number of rotatable bonds is 11. The summed E-state index contributed by atoms with van der Waals surface area (Å²) in [4.78, 5) is 44.3. The number of benzene rings is 1. The quantitative estimate of drug-likeness (QED) is 0.509. The van der Waals surface area contributed by atoms with E-state index in [0.717, 1.165) is 5.56 Å². The Kier molecular flexibility index (Phi) is 9.07. The fourth-order valence-electron chi connectivity index (χ4n) is 3.89. The summed E-state index contributed by atoms with van der Waals surface area (Å²) in [6.07, 6.45) is 0.587. The van der Waals surface area contributed by atoms with Crippen molar-refractivity contribution >= 4 is 17.4 Å². The predicted molar refractivity (Wildman–Crippen MR) is 127 cm³/mol. The number of aromatic nitrogens is 2. The second-order valence-electron chi connectivity index (χ2n) is 8.32. The van der Waals surface area contributed by atoms with E-state index >= 15 is 0 Å². The Bertz CT molecular complexity index is 990. The molecule has 0 aliphatic carbocycles. The summed E-state index contributed by atoms with van der Waals surface area (Å²) < 4.78 is 6.47. The first-order chi connectivity index (χ1) is 15.2. The summed E-state index contributed by atoms with van der Waals surface area (Å²) in [6.45, 7) is 8.83. The normalized spacial score (nSPS) is 11.2. The number of H-pyrrole nitrogens is 1. The van der Waals surface area contributed by atoms with Crippen LogP contribution in [0.1, 0.15) is 39.7 Å². The zero-order valence-electron chi connectivity index (χ0n) is 19.6. The van der Waals surface area contributed by atoms with E-state index in [1.54, 1.807) is 16.9 Å². The minimum absolute atomic E-state index is 0.00555. The van der Waals surface area contributed by atoms with Crippen LogP contribution in [0.2, 0.25) is 0 Å². The Labute approximate surface area is 188 Å². The SMILES string of the molecule is COCCCN(CC(=O)N(C(C)C)C(C)C)c1c(N)n(Cc2ccccc2)c(=O)[nH]c1=O. The number of nitrogens with one attached hydrogen (secondary N) is 1. The van der Waals surface area contributed by atoms with E-state index in [4.69, 9.17) is 10.5 Å². The summed E-state index contributed by atoms with van der Waals surface area (Å²) in [7, 11) is 1.59. The number of aromatic amines is 1. The lowest BCUT2D eigenvalue weighted by Crippen LogP contribution is -2.49. The van der Waals surface area contributed by atoms with E-state index in [0.29, 0.717) is 19.6 Å². The second-order valence-corrected chi connectivity index (χ2v) is 8.32. The third kappa shape index (κ3) is 6.23. The first-order valence-corrected chi connectivity index (χ1v) is 10.9. The number of nitrogen functional groups attached to an aromatic ring is 1. The van der Waals surface area contributed by atoms with Gasteiger partial charge in [0.2, 0.25) is 5.91 Å². The van der Waals surface area contributed by atoms with Crippen molar-refractivity contribution in [3.05, 3.63) is 56.7 Å². The monoisotopic (exact) mass is 445 g/mol. The van der Waals surface area contributed by atoms with Crippen molar-refractivity contribution in [1.82, 2.24) is 14.5 Å². The lowest BCUT2D eigenvalue weighted by Gasteiger charge is -2.34. The minimum Gasteiger partial charge on any atom is -0.385 e. The number of hydrogen-bond acceptors (Lipinski definition) is 6. The largest absolute Gasteiger partial charge is 0.385 e. The number of nitrogens with two attached hydrogens (primary N) is 1. The van der Waals surface area contributed by atoms with Gasteiger partial charge in [0.25, 0.3) is 5.56 Å². The van der Waals surface area contributed by atoms with Crippen LogP contribution in [-0.4, -0.2) is 59.2 Å². The first kappa shape index (κ1) is 25.2. The fourth-order valence-corrected chi connectivity index (χ4v) is 3.89. The molecule has 0 radical (unpaired) electrons. The van der Waals surface area contributed by atoms with E-state index in [1.165, 1.54) is 4.57 Å². The number of methoxy groups -OCH3 is 1. The zero-order chi connectivity index (χ0) is 23.8. The van der Waals surface area contributed by atoms with Gasteiger partial charge in [0.1, 0.15) is 11.5 Å².